The number of carbonyl (C=O) groups excluding carboxylic acids is 3. The average Bonchev–Trinajstić information content (AvgIpc) is 3.78. The molecule has 1 saturated heterocycles. The fourth-order valence-electron chi connectivity index (χ4n) is 7.20. The van der Waals surface area contributed by atoms with Gasteiger partial charge in [0.1, 0.15) is 5.75 Å². The van der Waals surface area contributed by atoms with E-state index in [-0.39, 0.29) is 30.2 Å². The van der Waals surface area contributed by atoms with Crippen LogP contribution in [0.15, 0.2) is 48.5 Å². The molecule has 9 nitrogen and oxygen atoms in total. The molecule has 9 heteroatoms. The Morgan fingerprint density at radius 1 is 1.07 bits per heavy atom. The number of unbranched alkanes of at least 4 members (excludes halogenated alkanes) is 1. The molecular weight excluding hydrogens is 570 g/mol. The second-order valence-corrected chi connectivity index (χ2v) is 13.2. The third-order valence-electron chi connectivity index (χ3n) is 9.74. The number of fused-ring (bicyclic) bond motifs is 2. The van der Waals surface area contributed by atoms with Crippen molar-refractivity contribution in [3.8, 4) is 5.75 Å². The van der Waals surface area contributed by atoms with Gasteiger partial charge in [0, 0.05) is 56.0 Å². The van der Waals surface area contributed by atoms with Crippen molar-refractivity contribution in [2.75, 3.05) is 31.8 Å². The van der Waals surface area contributed by atoms with Crippen LogP contribution < -0.4 is 20.3 Å². The fourth-order valence-corrected chi connectivity index (χ4v) is 7.20. The van der Waals surface area contributed by atoms with Gasteiger partial charge in [-0.25, -0.2) is 0 Å². The summed E-state index contributed by atoms with van der Waals surface area (Å²) in [5.41, 5.74) is 1.95. The summed E-state index contributed by atoms with van der Waals surface area (Å²) in [7, 11) is 1.67. The molecule has 2 aromatic rings. The zero-order chi connectivity index (χ0) is 31.8. The minimum atomic E-state index is -0.949. The van der Waals surface area contributed by atoms with Gasteiger partial charge in [-0.3, -0.25) is 14.4 Å². The van der Waals surface area contributed by atoms with Gasteiger partial charge in [-0.1, -0.05) is 43.7 Å². The maximum atomic E-state index is 13.8. The first-order valence-corrected chi connectivity index (χ1v) is 16.7. The second kappa shape index (κ2) is 15.7. The first-order valence-electron chi connectivity index (χ1n) is 16.7. The van der Waals surface area contributed by atoms with Crippen molar-refractivity contribution in [2.45, 2.75) is 89.3 Å². The number of aliphatic hydroxyl groups excluding tert-OH is 1. The van der Waals surface area contributed by atoms with E-state index < -0.39 is 18.1 Å². The molecule has 3 N–H and O–H groups in total. The molecule has 1 heterocycles. The van der Waals surface area contributed by atoms with Crippen LogP contribution in [-0.2, 0) is 20.7 Å². The summed E-state index contributed by atoms with van der Waals surface area (Å²) in [6, 6.07) is 14.5. The van der Waals surface area contributed by atoms with Crippen LogP contribution in [0, 0.1) is 17.8 Å². The van der Waals surface area contributed by atoms with Gasteiger partial charge in [0.05, 0.1) is 18.8 Å². The van der Waals surface area contributed by atoms with E-state index in [1.807, 2.05) is 43.3 Å². The van der Waals surface area contributed by atoms with E-state index in [0.717, 1.165) is 37.2 Å². The molecule has 2 bridgehead atoms. The highest BCUT2D eigenvalue weighted by Gasteiger charge is 2.40. The quantitative estimate of drug-likeness (QED) is 0.236. The highest BCUT2D eigenvalue weighted by Crippen LogP contribution is 2.44. The van der Waals surface area contributed by atoms with Crippen LogP contribution in [0.2, 0.25) is 0 Å². The van der Waals surface area contributed by atoms with Gasteiger partial charge >= 0.3 is 0 Å². The lowest BCUT2D eigenvalue weighted by Crippen LogP contribution is -2.47. The van der Waals surface area contributed by atoms with E-state index in [0.29, 0.717) is 55.5 Å². The molecule has 1 aliphatic heterocycles. The number of carbonyl (C=O) groups is 3. The number of benzene rings is 2. The van der Waals surface area contributed by atoms with Crippen LogP contribution in [0.3, 0.4) is 0 Å². The summed E-state index contributed by atoms with van der Waals surface area (Å²) in [6.07, 6.45) is 7.29. The average molecular weight is 620 g/mol. The predicted molar refractivity (Wildman–Crippen MR) is 173 cm³/mol. The topological polar surface area (TPSA) is 117 Å². The summed E-state index contributed by atoms with van der Waals surface area (Å²) >= 11 is 0. The highest BCUT2D eigenvalue weighted by atomic mass is 16.5. The molecule has 2 saturated carbocycles. The van der Waals surface area contributed by atoms with Gasteiger partial charge in [0.2, 0.25) is 11.8 Å². The molecule has 6 atom stereocenters. The summed E-state index contributed by atoms with van der Waals surface area (Å²) in [5.74, 6) is 1.03. The van der Waals surface area contributed by atoms with Gasteiger partial charge < -0.3 is 30.1 Å². The summed E-state index contributed by atoms with van der Waals surface area (Å²) in [5, 5.41) is 17.8. The number of anilines is 1. The third-order valence-corrected chi connectivity index (χ3v) is 9.74. The maximum absolute atomic E-state index is 13.8. The van der Waals surface area contributed by atoms with Gasteiger partial charge in [-0.15, -0.1) is 0 Å². The third kappa shape index (κ3) is 8.85. The molecule has 3 fully saturated rings. The van der Waals surface area contributed by atoms with E-state index in [1.54, 1.807) is 24.1 Å². The van der Waals surface area contributed by atoms with Crippen molar-refractivity contribution in [1.82, 2.24) is 10.6 Å². The van der Waals surface area contributed by atoms with Crippen molar-refractivity contribution < 1.29 is 29.0 Å². The summed E-state index contributed by atoms with van der Waals surface area (Å²) in [4.78, 5) is 41.2. The van der Waals surface area contributed by atoms with E-state index in [9.17, 15) is 19.5 Å². The van der Waals surface area contributed by atoms with Crippen molar-refractivity contribution in [1.29, 1.82) is 0 Å². The Hall–Kier alpha value is -3.43. The molecular formula is C36H49N3O6. The first kappa shape index (κ1) is 32.9. The second-order valence-electron chi connectivity index (χ2n) is 13.2. The number of methoxy groups -OCH3 is 1. The maximum Gasteiger partial charge on any atom is 0.251 e. The van der Waals surface area contributed by atoms with E-state index >= 15 is 0 Å². The Labute approximate surface area is 267 Å². The van der Waals surface area contributed by atoms with Crippen molar-refractivity contribution in [3.05, 3.63) is 59.7 Å². The van der Waals surface area contributed by atoms with Gasteiger partial charge in [-0.05, 0) is 80.9 Å². The molecule has 6 unspecified atom stereocenters. The van der Waals surface area contributed by atoms with E-state index in [1.165, 1.54) is 19.3 Å². The number of hydrogen-bond donors (Lipinski definition) is 3. The molecule has 2 aromatic carbocycles. The van der Waals surface area contributed by atoms with Crippen LogP contribution in [0.4, 0.5) is 5.69 Å². The van der Waals surface area contributed by atoms with Crippen LogP contribution >= 0.6 is 0 Å². The molecule has 0 aromatic heterocycles. The monoisotopic (exact) mass is 619 g/mol. The van der Waals surface area contributed by atoms with Gasteiger partial charge in [-0.2, -0.15) is 0 Å². The highest BCUT2D eigenvalue weighted by molar-refractivity contribution is 5.99. The van der Waals surface area contributed by atoms with E-state index in [2.05, 4.69) is 10.6 Å². The zero-order valence-corrected chi connectivity index (χ0v) is 26.7. The number of ether oxygens (including phenoxy) is 2. The van der Waals surface area contributed by atoms with E-state index in [4.69, 9.17) is 9.47 Å². The Morgan fingerprint density at radius 2 is 1.87 bits per heavy atom. The standard InChI is InChI=1S/C36H49N3O6/c1-24(35(42)37-31-20-26-12-13-27(31)18-26)17-33(40)32(19-25-9-4-3-5-10-25)38-36(43)28-21-29(39-14-8-11-34(39)41)23-30(22-28)45-16-7-6-15-44-2/h3-5,9-10,21-24,26-27,31-33,40H,6-8,11-20H2,1-2H3,(H,37,42)(H,38,43). The molecule has 0 spiro atoms. The van der Waals surface area contributed by atoms with Gasteiger partial charge in [0.15, 0.2) is 0 Å². The Morgan fingerprint density at radius 3 is 2.56 bits per heavy atom. The number of aliphatic hydroxyl groups is 1. The lowest BCUT2D eigenvalue weighted by Gasteiger charge is -2.28. The van der Waals surface area contributed by atoms with Gasteiger partial charge in [0.25, 0.3) is 5.91 Å². The largest absolute Gasteiger partial charge is 0.493 e. The number of nitrogens with zero attached hydrogens (tertiary/aromatic N) is 1. The predicted octanol–water partition coefficient (Wildman–Crippen LogP) is 4.65. The molecule has 0 radical (unpaired) electrons. The van der Waals surface area contributed by atoms with Crippen LogP contribution in [-0.4, -0.2) is 67.9 Å². The van der Waals surface area contributed by atoms with Crippen LogP contribution in [0.25, 0.3) is 0 Å². The summed E-state index contributed by atoms with van der Waals surface area (Å²) < 4.78 is 11.1. The van der Waals surface area contributed by atoms with Crippen molar-refractivity contribution in [3.63, 3.8) is 0 Å². The zero-order valence-electron chi connectivity index (χ0n) is 26.7. The lowest BCUT2D eigenvalue weighted by molar-refractivity contribution is -0.126. The molecule has 244 valence electrons. The fraction of sp³-hybridized carbons (Fsp3) is 0.583. The molecule has 2 aliphatic carbocycles. The molecule has 45 heavy (non-hydrogen) atoms. The smallest absolute Gasteiger partial charge is 0.251 e. The van der Waals surface area contributed by atoms with Crippen molar-refractivity contribution in [2.24, 2.45) is 17.8 Å². The molecule has 3 amide bonds. The first-order chi connectivity index (χ1) is 21.8. The number of amides is 3. The Bertz CT molecular complexity index is 1300. The SMILES string of the molecule is COCCCCOc1cc(C(=O)NC(Cc2ccccc2)C(O)CC(C)C(=O)NC2CC3CCC2C3)cc(N2CCCC2=O)c1. The number of hydrogen-bond acceptors (Lipinski definition) is 6. The number of rotatable bonds is 16. The normalized spacial score (nSPS) is 22.7. The summed E-state index contributed by atoms with van der Waals surface area (Å²) in [6.45, 7) is 3.54. The van der Waals surface area contributed by atoms with Crippen LogP contribution in [0.5, 0.6) is 5.75 Å². The minimum absolute atomic E-state index is 0.0219. The van der Waals surface area contributed by atoms with Crippen molar-refractivity contribution >= 4 is 23.4 Å². The lowest BCUT2D eigenvalue weighted by atomic mass is 9.91. The molecule has 5 rings (SSSR count). The minimum Gasteiger partial charge on any atom is -0.493 e. The number of nitrogens with one attached hydrogen (secondary N) is 2. The Kier molecular flexibility index (Phi) is 11.5. The Balaban J connectivity index is 1.29. The molecule has 3 aliphatic rings. The van der Waals surface area contributed by atoms with Crippen LogP contribution in [0.1, 0.15) is 80.6 Å².